The highest BCUT2D eigenvalue weighted by atomic mass is 16.1. The summed E-state index contributed by atoms with van der Waals surface area (Å²) in [6, 6.07) is 0. The average Bonchev–Trinajstić information content (AvgIpc) is 2.75. The van der Waals surface area contributed by atoms with E-state index in [1.54, 1.807) is 6.08 Å². The van der Waals surface area contributed by atoms with Gasteiger partial charge in [0.05, 0.1) is 0 Å². The highest BCUT2D eigenvalue weighted by Crippen LogP contribution is 2.27. The molecule has 0 radical (unpaired) electrons. The molecule has 0 saturated carbocycles. The van der Waals surface area contributed by atoms with Crippen LogP contribution in [0.25, 0.3) is 0 Å². The van der Waals surface area contributed by atoms with E-state index in [0.717, 1.165) is 25.1 Å². The number of allylic oxidation sites excluding steroid dienone is 2. The van der Waals surface area contributed by atoms with Crippen molar-refractivity contribution in [2.45, 2.75) is 19.3 Å². The summed E-state index contributed by atoms with van der Waals surface area (Å²) in [7, 11) is 3.91. The van der Waals surface area contributed by atoms with Crippen molar-refractivity contribution in [1.82, 2.24) is 9.80 Å². The molecule has 1 aliphatic heterocycles. The molecule has 0 aromatic rings. The fourth-order valence-electron chi connectivity index (χ4n) is 2.21. The van der Waals surface area contributed by atoms with Gasteiger partial charge in [0.15, 0.2) is 5.78 Å². The van der Waals surface area contributed by atoms with Gasteiger partial charge in [-0.3, -0.25) is 4.79 Å². The first-order chi connectivity index (χ1) is 7.16. The zero-order valence-electron chi connectivity index (χ0n) is 9.49. The minimum Gasteiger partial charge on any atom is -0.383 e. The zero-order valence-corrected chi connectivity index (χ0v) is 9.49. The van der Waals surface area contributed by atoms with Gasteiger partial charge in [0.25, 0.3) is 0 Å². The van der Waals surface area contributed by atoms with Gasteiger partial charge in [-0.15, -0.1) is 0 Å². The Hall–Kier alpha value is -1.25. The van der Waals surface area contributed by atoms with Crippen LogP contribution in [0.1, 0.15) is 19.3 Å². The Bertz CT molecular complexity index is 323. The number of likely N-dealkylation sites (tertiary alicyclic amines) is 1. The molecule has 0 unspecified atom stereocenters. The Balaban J connectivity index is 2.06. The van der Waals surface area contributed by atoms with E-state index in [1.165, 1.54) is 18.5 Å². The first kappa shape index (κ1) is 10.3. The van der Waals surface area contributed by atoms with Crippen molar-refractivity contribution in [2.24, 2.45) is 0 Å². The molecule has 1 heterocycles. The van der Waals surface area contributed by atoms with Gasteiger partial charge in [-0.05, 0) is 12.8 Å². The van der Waals surface area contributed by atoms with Crippen LogP contribution >= 0.6 is 0 Å². The summed E-state index contributed by atoms with van der Waals surface area (Å²) < 4.78 is 0. The summed E-state index contributed by atoms with van der Waals surface area (Å²) in [5.41, 5.74) is 2.13. The van der Waals surface area contributed by atoms with Gasteiger partial charge in [-0.2, -0.15) is 0 Å². The number of rotatable bonds is 2. The molecule has 0 N–H and O–H groups in total. The zero-order chi connectivity index (χ0) is 10.8. The highest BCUT2D eigenvalue weighted by Gasteiger charge is 2.24. The highest BCUT2D eigenvalue weighted by molar-refractivity contribution is 6.07. The van der Waals surface area contributed by atoms with Gasteiger partial charge >= 0.3 is 0 Å². The summed E-state index contributed by atoms with van der Waals surface area (Å²) in [4.78, 5) is 16.0. The molecule has 2 aliphatic rings. The van der Waals surface area contributed by atoms with Crippen LogP contribution in [0.15, 0.2) is 23.5 Å². The number of nitrogens with zero attached hydrogens (tertiary/aromatic N) is 2. The first-order valence-corrected chi connectivity index (χ1v) is 5.54. The van der Waals surface area contributed by atoms with Crippen molar-refractivity contribution in [3.8, 4) is 0 Å². The predicted octanol–water partition coefficient (Wildman–Crippen LogP) is 1.38. The second-order valence-corrected chi connectivity index (χ2v) is 4.49. The lowest BCUT2D eigenvalue weighted by Gasteiger charge is -2.18. The van der Waals surface area contributed by atoms with Crippen molar-refractivity contribution >= 4 is 5.78 Å². The van der Waals surface area contributed by atoms with Gasteiger partial charge in [-0.1, -0.05) is 0 Å². The normalized spacial score (nSPS) is 23.9. The Labute approximate surface area is 91.0 Å². The lowest BCUT2D eigenvalue weighted by Crippen LogP contribution is -2.17. The molecule has 3 nitrogen and oxygen atoms in total. The van der Waals surface area contributed by atoms with Gasteiger partial charge in [0.2, 0.25) is 0 Å². The molecule has 3 heteroatoms. The maximum atomic E-state index is 11.7. The van der Waals surface area contributed by atoms with E-state index < -0.39 is 0 Å². The second-order valence-electron chi connectivity index (χ2n) is 4.49. The van der Waals surface area contributed by atoms with Crippen LogP contribution < -0.4 is 0 Å². The molecule has 1 fully saturated rings. The molecule has 2 rings (SSSR count). The monoisotopic (exact) mass is 206 g/mol. The molecule has 0 aromatic heterocycles. The number of hydrogen-bond donors (Lipinski definition) is 0. The van der Waals surface area contributed by atoms with E-state index in [9.17, 15) is 4.79 Å². The standard InChI is InChI=1S/C12H18N2O/c1-13(2)9-10-7-11(8-12(10)15)14-5-3-4-6-14/h8-9H,3-7H2,1-2H3/b10-9+. The molecule has 15 heavy (non-hydrogen) atoms. The molecular weight excluding hydrogens is 188 g/mol. The van der Waals surface area contributed by atoms with Crippen LogP contribution in [0, 0.1) is 0 Å². The lowest BCUT2D eigenvalue weighted by atomic mass is 10.2. The van der Waals surface area contributed by atoms with E-state index in [-0.39, 0.29) is 5.78 Å². The largest absolute Gasteiger partial charge is 0.383 e. The van der Waals surface area contributed by atoms with Gasteiger partial charge in [-0.25, -0.2) is 0 Å². The molecule has 0 aromatic carbocycles. The third-order valence-corrected chi connectivity index (χ3v) is 2.91. The van der Waals surface area contributed by atoms with Crippen LogP contribution in [0.2, 0.25) is 0 Å². The second kappa shape index (κ2) is 4.09. The van der Waals surface area contributed by atoms with Crippen molar-refractivity contribution in [2.75, 3.05) is 27.2 Å². The Morgan fingerprint density at radius 3 is 2.60 bits per heavy atom. The summed E-state index contributed by atoms with van der Waals surface area (Å²) >= 11 is 0. The fourth-order valence-corrected chi connectivity index (χ4v) is 2.21. The van der Waals surface area contributed by atoms with Crippen LogP contribution in [0.3, 0.4) is 0 Å². The van der Waals surface area contributed by atoms with Crippen molar-refractivity contribution < 1.29 is 4.79 Å². The lowest BCUT2D eigenvalue weighted by molar-refractivity contribution is -0.111. The molecule has 0 spiro atoms. The topological polar surface area (TPSA) is 23.6 Å². The maximum Gasteiger partial charge on any atom is 0.185 e. The Morgan fingerprint density at radius 2 is 2.00 bits per heavy atom. The average molecular weight is 206 g/mol. The number of carbonyl (C=O) groups excluding carboxylic acids is 1. The number of carbonyl (C=O) groups is 1. The third-order valence-electron chi connectivity index (χ3n) is 2.91. The molecule has 82 valence electrons. The molecule has 0 atom stereocenters. The molecule has 1 saturated heterocycles. The summed E-state index contributed by atoms with van der Waals surface area (Å²) in [6.07, 6.45) is 7.08. The smallest absolute Gasteiger partial charge is 0.185 e. The Kier molecular flexibility index (Phi) is 2.80. The summed E-state index contributed by atoms with van der Waals surface area (Å²) in [5.74, 6) is 0.186. The fraction of sp³-hybridized carbons (Fsp3) is 0.583. The molecule has 0 amide bonds. The van der Waals surface area contributed by atoms with E-state index in [0.29, 0.717) is 0 Å². The van der Waals surface area contributed by atoms with Gasteiger partial charge in [0, 0.05) is 57.2 Å². The van der Waals surface area contributed by atoms with Crippen LogP contribution in [-0.2, 0) is 4.79 Å². The molecule has 1 aliphatic carbocycles. The number of hydrogen-bond acceptors (Lipinski definition) is 3. The van der Waals surface area contributed by atoms with E-state index in [2.05, 4.69) is 4.90 Å². The molecule has 0 bridgehead atoms. The van der Waals surface area contributed by atoms with Crippen LogP contribution in [0.5, 0.6) is 0 Å². The van der Waals surface area contributed by atoms with Crippen molar-refractivity contribution in [3.63, 3.8) is 0 Å². The SMILES string of the molecule is CN(C)/C=C1\CC(N2CCCC2)=CC1=O. The van der Waals surface area contributed by atoms with Crippen LogP contribution in [0.4, 0.5) is 0 Å². The van der Waals surface area contributed by atoms with E-state index >= 15 is 0 Å². The quantitative estimate of drug-likeness (QED) is 0.638. The minimum absolute atomic E-state index is 0.186. The Morgan fingerprint density at radius 1 is 1.33 bits per heavy atom. The predicted molar refractivity (Wildman–Crippen MR) is 60.3 cm³/mol. The van der Waals surface area contributed by atoms with E-state index in [4.69, 9.17) is 0 Å². The summed E-state index contributed by atoms with van der Waals surface area (Å²) in [6.45, 7) is 2.24. The minimum atomic E-state index is 0.186. The number of ketones is 1. The first-order valence-electron chi connectivity index (χ1n) is 5.54. The van der Waals surface area contributed by atoms with Gasteiger partial charge < -0.3 is 9.80 Å². The van der Waals surface area contributed by atoms with E-state index in [1.807, 2.05) is 25.2 Å². The molecular formula is C12H18N2O. The van der Waals surface area contributed by atoms with Gasteiger partial charge in [0.1, 0.15) is 0 Å². The van der Waals surface area contributed by atoms with Crippen molar-refractivity contribution in [3.05, 3.63) is 23.5 Å². The maximum absolute atomic E-state index is 11.7. The third kappa shape index (κ3) is 2.22. The van der Waals surface area contributed by atoms with Crippen LogP contribution in [-0.4, -0.2) is 42.8 Å². The van der Waals surface area contributed by atoms with Crippen molar-refractivity contribution in [1.29, 1.82) is 0 Å². The summed E-state index contributed by atoms with van der Waals surface area (Å²) in [5, 5.41) is 0.